The largest absolute Gasteiger partial charge is 0.375 e. The second kappa shape index (κ2) is 5.58. The summed E-state index contributed by atoms with van der Waals surface area (Å²) in [5.74, 6) is 0.907. The number of pyridine rings is 1. The zero-order valence-corrected chi connectivity index (χ0v) is 13.9. The van der Waals surface area contributed by atoms with Gasteiger partial charge in [0.25, 0.3) is 0 Å². The maximum Gasteiger partial charge on any atom is 0.233 e. The summed E-state index contributed by atoms with van der Waals surface area (Å²) in [5.41, 5.74) is 7.02. The first-order chi connectivity index (χ1) is 9.61. The van der Waals surface area contributed by atoms with Crippen LogP contribution in [-0.4, -0.2) is 20.1 Å². The number of nitrogens with zero attached hydrogens (tertiary/aromatic N) is 4. The van der Waals surface area contributed by atoms with Crippen molar-refractivity contribution in [1.82, 2.24) is 20.1 Å². The lowest BCUT2D eigenvalue weighted by Gasteiger charge is -1.97. The lowest BCUT2D eigenvalue weighted by atomic mass is 10.3. The van der Waals surface area contributed by atoms with Crippen LogP contribution in [-0.2, 0) is 6.42 Å². The summed E-state index contributed by atoms with van der Waals surface area (Å²) in [4.78, 5) is 12.7. The molecule has 0 atom stereocenters. The van der Waals surface area contributed by atoms with Crippen LogP contribution >= 0.6 is 43.2 Å². The van der Waals surface area contributed by atoms with Crippen molar-refractivity contribution in [1.29, 1.82) is 0 Å². The van der Waals surface area contributed by atoms with E-state index in [9.17, 15) is 0 Å². The highest BCUT2D eigenvalue weighted by Crippen LogP contribution is 2.26. The fraction of sp³-hybridized carbons (Fsp3) is 0.0909. The summed E-state index contributed by atoms with van der Waals surface area (Å²) in [5, 5.41) is 6.32. The van der Waals surface area contributed by atoms with Gasteiger partial charge in [-0.25, -0.2) is 4.98 Å². The molecule has 0 aliphatic rings. The van der Waals surface area contributed by atoms with Crippen molar-refractivity contribution < 1.29 is 4.52 Å². The quantitative estimate of drug-likeness (QED) is 0.704. The Hall–Kier alpha value is -1.32. The number of anilines is 1. The van der Waals surface area contributed by atoms with E-state index in [1.54, 1.807) is 6.20 Å². The van der Waals surface area contributed by atoms with Gasteiger partial charge < -0.3 is 10.3 Å². The normalized spacial score (nSPS) is 10.9. The number of rotatable bonds is 3. The van der Waals surface area contributed by atoms with Gasteiger partial charge in [-0.1, -0.05) is 5.16 Å². The molecule has 0 fully saturated rings. The zero-order valence-electron chi connectivity index (χ0n) is 9.88. The predicted octanol–water partition coefficient (Wildman–Crippen LogP) is 3.29. The summed E-state index contributed by atoms with van der Waals surface area (Å²) >= 11 is 8.15. The molecule has 0 amide bonds. The third-order valence-corrected chi connectivity index (χ3v) is 4.15. The Balaban J connectivity index is 1.86. The van der Waals surface area contributed by atoms with Crippen LogP contribution in [0.2, 0.25) is 0 Å². The summed E-state index contributed by atoms with van der Waals surface area (Å²) in [6.45, 7) is 0. The number of thiazole rings is 1. The molecule has 0 saturated heterocycles. The predicted molar refractivity (Wildman–Crippen MR) is 82.3 cm³/mol. The second-order valence-corrected chi connectivity index (χ2v) is 6.51. The highest BCUT2D eigenvalue weighted by molar-refractivity contribution is 9.11. The third kappa shape index (κ3) is 2.89. The van der Waals surface area contributed by atoms with Crippen LogP contribution in [0.4, 0.5) is 5.13 Å². The summed E-state index contributed by atoms with van der Waals surface area (Å²) in [6, 6.07) is 1.87. The standard InChI is InChI=1S/C11H7Br2N5OS/c12-5-1-7(13)9(15-3-5)10-17-8(19-18-10)2-6-4-20-11(14)16-6/h1,3-4H,2H2,(H2,14,16). The molecule has 0 aliphatic heterocycles. The molecule has 0 unspecified atom stereocenters. The van der Waals surface area contributed by atoms with Gasteiger partial charge >= 0.3 is 0 Å². The highest BCUT2D eigenvalue weighted by Gasteiger charge is 2.14. The highest BCUT2D eigenvalue weighted by atomic mass is 79.9. The lowest BCUT2D eigenvalue weighted by molar-refractivity contribution is 0.385. The first-order valence-corrected chi connectivity index (χ1v) is 7.92. The van der Waals surface area contributed by atoms with E-state index in [2.05, 4.69) is 52.0 Å². The number of hydrogen-bond donors (Lipinski definition) is 1. The smallest absolute Gasteiger partial charge is 0.233 e. The van der Waals surface area contributed by atoms with Crippen molar-refractivity contribution >= 4 is 48.3 Å². The van der Waals surface area contributed by atoms with E-state index in [0.29, 0.717) is 29.0 Å². The fourth-order valence-corrected chi connectivity index (χ4v) is 3.29. The van der Waals surface area contributed by atoms with Crippen LogP contribution in [0.25, 0.3) is 11.5 Å². The molecule has 3 aromatic rings. The number of aromatic nitrogens is 4. The van der Waals surface area contributed by atoms with E-state index in [1.807, 2.05) is 11.4 Å². The van der Waals surface area contributed by atoms with Crippen LogP contribution in [0.15, 0.2) is 31.1 Å². The monoisotopic (exact) mass is 415 g/mol. The van der Waals surface area contributed by atoms with Crippen molar-refractivity contribution in [2.24, 2.45) is 0 Å². The molecule has 9 heteroatoms. The Bertz CT molecular complexity index is 757. The van der Waals surface area contributed by atoms with Crippen molar-refractivity contribution in [2.45, 2.75) is 6.42 Å². The minimum absolute atomic E-state index is 0.433. The van der Waals surface area contributed by atoms with Gasteiger partial charge in [0, 0.05) is 20.5 Å². The van der Waals surface area contributed by atoms with Gasteiger partial charge in [0.15, 0.2) is 5.13 Å². The molecule has 0 aliphatic carbocycles. The minimum atomic E-state index is 0.433. The molecular weight excluding hydrogens is 410 g/mol. The molecule has 3 aromatic heterocycles. The van der Waals surface area contributed by atoms with Gasteiger partial charge in [-0.05, 0) is 37.9 Å². The van der Waals surface area contributed by atoms with E-state index < -0.39 is 0 Å². The number of nitrogens with two attached hydrogens (primary N) is 1. The van der Waals surface area contributed by atoms with Gasteiger partial charge in [0.2, 0.25) is 11.7 Å². The van der Waals surface area contributed by atoms with Gasteiger partial charge in [0.1, 0.15) is 5.69 Å². The molecule has 2 N–H and O–H groups in total. The molecular formula is C11H7Br2N5OS. The summed E-state index contributed by atoms with van der Waals surface area (Å²) in [7, 11) is 0. The molecule has 0 bridgehead atoms. The van der Waals surface area contributed by atoms with Crippen molar-refractivity contribution in [3.05, 3.63) is 38.2 Å². The van der Waals surface area contributed by atoms with Crippen LogP contribution in [0.3, 0.4) is 0 Å². The molecule has 102 valence electrons. The molecule has 3 heterocycles. The Labute approximate surface area is 134 Å². The Morgan fingerprint density at radius 3 is 2.85 bits per heavy atom. The SMILES string of the molecule is Nc1nc(Cc2nc(-c3ncc(Br)cc3Br)no2)cs1. The second-order valence-electron chi connectivity index (χ2n) is 3.85. The van der Waals surface area contributed by atoms with Crippen LogP contribution in [0.5, 0.6) is 0 Å². The van der Waals surface area contributed by atoms with Crippen LogP contribution in [0, 0.1) is 0 Å². The Morgan fingerprint density at radius 1 is 1.30 bits per heavy atom. The van der Waals surface area contributed by atoms with Crippen molar-refractivity contribution in [3.8, 4) is 11.5 Å². The fourth-order valence-electron chi connectivity index (χ4n) is 1.56. The van der Waals surface area contributed by atoms with Crippen molar-refractivity contribution in [3.63, 3.8) is 0 Å². The number of halogens is 2. The van der Waals surface area contributed by atoms with E-state index in [-0.39, 0.29) is 0 Å². The summed E-state index contributed by atoms with van der Waals surface area (Å²) < 4.78 is 6.87. The van der Waals surface area contributed by atoms with Gasteiger partial charge in [-0.15, -0.1) is 11.3 Å². The van der Waals surface area contributed by atoms with Crippen LogP contribution < -0.4 is 5.73 Å². The molecule has 0 aromatic carbocycles. The van der Waals surface area contributed by atoms with Crippen molar-refractivity contribution in [2.75, 3.05) is 5.73 Å². The Kier molecular flexibility index (Phi) is 3.81. The maximum absolute atomic E-state index is 5.58. The average Bonchev–Trinajstić information content (AvgIpc) is 2.99. The van der Waals surface area contributed by atoms with Crippen LogP contribution in [0.1, 0.15) is 11.6 Å². The molecule has 0 radical (unpaired) electrons. The number of nitrogen functional groups attached to an aromatic ring is 1. The third-order valence-electron chi connectivity index (χ3n) is 2.39. The maximum atomic E-state index is 5.58. The molecule has 6 nitrogen and oxygen atoms in total. The lowest BCUT2D eigenvalue weighted by Crippen LogP contribution is -1.91. The Morgan fingerprint density at radius 2 is 2.15 bits per heavy atom. The molecule has 0 spiro atoms. The first-order valence-electron chi connectivity index (χ1n) is 5.45. The van der Waals surface area contributed by atoms with E-state index in [1.165, 1.54) is 11.3 Å². The average molecular weight is 417 g/mol. The first kappa shape index (κ1) is 13.7. The molecule has 20 heavy (non-hydrogen) atoms. The van der Waals surface area contributed by atoms with E-state index in [4.69, 9.17) is 10.3 Å². The minimum Gasteiger partial charge on any atom is -0.375 e. The molecule has 0 saturated carbocycles. The number of hydrogen-bond acceptors (Lipinski definition) is 7. The van der Waals surface area contributed by atoms with Gasteiger partial charge in [-0.2, -0.15) is 4.98 Å². The van der Waals surface area contributed by atoms with Gasteiger partial charge in [0.05, 0.1) is 12.1 Å². The zero-order chi connectivity index (χ0) is 14.1. The van der Waals surface area contributed by atoms with Gasteiger partial charge in [-0.3, -0.25) is 4.98 Å². The van der Waals surface area contributed by atoms with E-state index in [0.717, 1.165) is 14.6 Å². The van der Waals surface area contributed by atoms with E-state index >= 15 is 0 Å². The topological polar surface area (TPSA) is 90.7 Å². The summed E-state index contributed by atoms with van der Waals surface area (Å²) in [6.07, 6.45) is 2.13. The molecule has 3 rings (SSSR count).